The molecule has 1 atom stereocenters. The van der Waals surface area contributed by atoms with Gasteiger partial charge in [0.2, 0.25) is 5.91 Å². The van der Waals surface area contributed by atoms with Crippen molar-refractivity contribution in [2.24, 2.45) is 0 Å². The van der Waals surface area contributed by atoms with Crippen molar-refractivity contribution in [3.63, 3.8) is 0 Å². The first-order valence-electron chi connectivity index (χ1n) is 6.77. The topological polar surface area (TPSA) is 20.3 Å². The first-order chi connectivity index (χ1) is 10.1. The average Bonchev–Trinajstić information content (AvgIpc) is 2.53. The largest absolute Gasteiger partial charge is 0.338 e. The average molecular weight is 364 g/mol. The Kier molecular flexibility index (Phi) is 5.88. The maximum atomic E-state index is 12.3. The van der Waals surface area contributed by atoms with Crippen LogP contribution in [0.15, 0.2) is 64.0 Å². The van der Waals surface area contributed by atoms with Crippen LogP contribution in [0, 0.1) is 0 Å². The zero-order valence-corrected chi connectivity index (χ0v) is 14.5. The molecule has 0 aromatic heterocycles. The molecule has 0 radical (unpaired) electrons. The van der Waals surface area contributed by atoms with Crippen LogP contribution >= 0.6 is 27.7 Å². The normalized spacial score (nSPS) is 12.0. The van der Waals surface area contributed by atoms with E-state index < -0.39 is 0 Å². The fraction of sp³-hybridized carbons (Fsp3) is 0.235. The Balaban J connectivity index is 1.92. The molecule has 2 nitrogen and oxygen atoms in total. The van der Waals surface area contributed by atoms with Crippen LogP contribution < -0.4 is 0 Å². The van der Waals surface area contributed by atoms with Crippen LogP contribution in [0.5, 0.6) is 0 Å². The lowest BCUT2D eigenvalue weighted by molar-refractivity contribution is -0.128. The number of hydrogen-bond donors (Lipinski definition) is 0. The smallest absolute Gasteiger partial charge is 0.233 e. The van der Waals surface area contributed by atoms with Crippen LogP contribution in [0.1, 0.15) is 18.5 Å². The molecular weight excluding hydrogens is 346 g/mol. The maximum absolute atomic E-state index is 12.3. The molecule has 4 heteroatoms. The summed E-state index contributed by atoms with van der Waals surface area (Å²) in [6.45, 7) is 2.05. The first-order valence-corrected chi connectivity index (χ1v) is 8.55. The quantitative estimate of drug-likeness (QED) is 0.713. The van der Waals surface area contributed by atoms with Crippen LogP contribution in [0.3, 0.4) is 0 Å². The molecular formula is C17H18BrNOS. The Labute approximate surface area is 138 Å². The van der Waals surface area contributed by atoms with E-state index in [1.54, 1.807) is 16.7 Å². The number of thioether (sulfide) groups is 1. The lowest BCUT2D eigenvalue weighted by atomic mass is 10.1. The standard InChI is InChI=1S/C17H18BrNOS/c1-13(14-6-4-3-5-7-14)19(2)17(20)12-21-16-10-8-15(18)9-11-16/h3-11,13H,12H2,1-2H3. The summed E-state index contributed by atoms with van der Waals surface area (Å²) >= 11 is 4.98. The molecule has 0 bridgehead atoms. The minimum absolute atomic E-state index is 0.0872. The van der Waals surface area contributed by atoms with E-state index in [-0.39, 0.29) is 11.9 Å². The van der Waals surface area contributed by atoms with Crippen molar-refractivity contribution in [1.29, 1.82) is 0 Å². The van der Waals surface area contributed by atoms with Gasteiger partial charge in [0.1, 0.15) is 0 Å². The highest BCUT2D eigenvalue weighted by Crippen LogP contribution is 2.23. The molecule has 21 heavy (non-hydrogen) atoms. The summed E-state index contributed by atoms with van der Waals surface area (Å²) in [5, 5.41) is 0. The van der Waals surface area contributed by atoms with Gasteiger partial charge in [0, 0.05) is 16.4 Å². The summed E-state index contributed by atoms with van der Waals surface area (Å²) in [5.41, 5.74) is 1.15. The summed E-state index contributed by atoms with van der Waals surface area (Å²) < 4.78 is 1.05. The number of hydrogen-bond acceptors (Lipinski definition) is 2. The summed E-state index contributed by atoms with van der Waals surface area (Å²) in [6, 6.07) is 18.2. The molecule has 0 fully saturated rings. The van der Waals surface area contributed by atoms with Gasteiger partial charge in [-0.25, -0.2) is 0 Å². The molecule has 0 saturated carbocycles. The van der Waals surface area contributed by atoms with Crippen LogP contribution in [0.2, 0.25) is 0 Å². The lowest BCUT2D eigenvalue weighted by Crippen LogP contribution is -2.31. The number of carbonyl (C=O) groups is 1. The van der Waals surface area contributed by atoms with E-state index in [1.165, 1.54) is 0 Å². The number of halogens is 1. The molecule has 2 rings (SSSR count). The molecule has 0 N–H and O–H groups in total. The van der Waals surface area contributed by atoms with E-state index in [0.29, 0.717) is 5.75 Å². The van der Waals surface area contributed by atoms with Crippen LogP contribution in [-0.2, 0) is 4.79 Å². The molecule has 2 aromatic carbocycles. The zero-order chi connectivity index (χ0) is 15.2. The van der Waals surface area contributed by atoms with Gasteiger partial charge in [0.25, 0.3) is 0 Å². The Bertz CT molecular complexity index is 585. The predicted octanol–water partition coefficient (Wildman–Crippen LogP) is 4.76. The predicted molar refractivity (Wildman–Crippen MR) is 92.5 cm³/mol. The van der Waals surface area contributed by atoms with Gasteiger partial charge in [0.15, 0.2) is 0 Å². The van der Waals surface area contributed by atoms with Crippen molar-refractivity contribution < 1.29 is 4.79 Å². The highest BCUT2D eigenvalue weighted by atomic mass is 79.9. The van der Waals surface area contributed by atoms with Gasteiger partial charge < -0.3 is 4.90 Å². The van der Waals surface area contributed by atoms with Crippen molar-refractivity contribution in [2.75, 3.05) is 12.8 Å². The highest BCUT2D eigenvalue weighted by molar-refractivity contribution is 9.10. The number of carbonyl (C=O) groups excluding carboxylic acids is 1. The van der Waals surface area contributed by atoms with E-state index in [2.05, 4.69) is 35.0 Å². The van der Waals surface area contributed by atoms with E-state index >= 15 is 0 Å². The Morgan fingerprint density at radius 2 is 1.76 bits per heavy atom. The van der Waals surface area contributed by atoms with Gasteiger partial charge in [0.05, 0.1) is 11.8 Å². The Morgan fingerprint density at radius 1 is 1.14 bits per heavy atom. The first kappa shape index (κ1) is 16.1. The molecule has 1 unspecified atom stereocenters. The van der Waals surface area contributed by atoms with Crippen LogP contribution in [0.25, 0.3) is 0 Å². The number of amides is 1. The Hall–Kier alpha value is -1.26. The second-order valence-corrected chi connectivity index (χ2v) is 6.80. The van der Waals surface area contributed by atoms with Gasteiger partial charge in [-0.05, 0) is 36.8 Å². The third-order valence-corrected chi connectivity index (χ3v) is 4.96. The molecule has 0 aliphatic heterocycles. The monoisotopic (exact) mass is 363 g/mol. The molecule has 2 aromatic rings. The second-order valence-electron chi connectivity index (χ2n) is 4.83. The van der Waals surface area contributed by atoms with E-state index in [0.717, 1.165) is 14.9 Å². The summed E-state index contributed by atoms with van der Waals surface area (Å²) in [6.07, 6.45) is 0. The van der Waals surface area contributed by atoms with Crippen LogP contribution in [-0.4, -0.2) is 23.6 Å². The van der Waals surface area contributed by atoms with Gasteiger partial charge in [-0.2, -0.15) is 0 Å². The van der Waals surface area contributed by atoms with Crippen molar-refractivity contribution in [3.8, 4) is 0 Å². The van der Waals surface area contributed by atoms with Crippen molar-refractivity contribution in [1.82, 2.24) is 4.90 Å². The third-order valence-electron chi connectivity index (χ3n) is 3.43. The second kappa shape index (κ2) is 7.66. The summed E-state index contributed by atoms with van der Waals surface area (Å²) in [5.74, 6) is 0.592. The van der Waals surface area contributed by atoms with E-state index in [4.69, 9.17) is 0 Å². The van der Waals surface area contributed by atoms with Crippen molar-refractivity contribution >= 4 is 33.6 Å². The van der Waals surface area contributed by atoms with Gasteiger partial charge >= 0.3 is 0 Å². The van der Waals surface area contributed by atoms with E-state index in [9.17, 15) is 4.79 Å². The fourth-order valence-corrected chi connectivity index (χ4v) is 3.04. The molecule has 0 aliphatic carbocycles. The Morgan fingerprint density at radius 3 is 2.38 bits per heavy atom. The van der Waals surface area contributed by atoms with E-state index in [1.807, 2.05) is 49.5 Å². The van der Waals surface area contributed by atoms with Crippen LogP contribution in [0.4, 0.5) is 0 Å². The minimum Gasteiger partial charge on any atom is -0.338 e. The fourth-order valence-electron chi connectivity index (χ4n) is 1.95. The summed E-state index contributed by atoms with van der Waals surface area (Å²) in [7, 11) is 1.86. The molecule has 110 valence electrons. The molecule has 0 heterocycles. The highest BCUT2D eigenvalue weighted by Gasteiger charge is 2.17. The number of rotatable bonds is 5. The molecule has 0 spiro atoms. The number of benzene rings is 2. The molecule has 0 aliphatic rings. The van der Waals surface area contributed by atoms with Gasteiger partial charge in [-0.1, -0.05) is 46.3 Å². The lowest BCUT2D eigenvalue weighted by Gasteiger charge is -2.25. The minimum atomic E-state index is 0.0872. The molecule has 0 saturated heterocycles. The maximum Gasteiger partial charge on any atom is 0.233 e. The molecule has 1 amide bonds. The zero-order valence-electron chi connectivity index (χ0n) is 12.1. The number of nitrogens with zero attached hydrogens (tertiary/aromatic N) is 1. The third kappa shape index (κ3) is 4.61. The van der Waals surface area contributed by atoms with Gasteiger partial charge in [-0.15, -0.1) is 11.8 Å². The SMILES string of the molecule is CC(c1ccccc1)N(C)C(=O)CSc1ccc(Br)cc1. The van der Waals surface area contributed by atoms with Gasteiger partial charge in [-0.3, -0.25) is 4.79 Å². The van der Waals surface area contributed by atoms with Crippen molar-refractivity contribution in [2.45, 2.75) is 17.9 Å². The van der Waals surface area contributed by atoms with Crippen molar-refractivity contribution in [3.05, 3.63) is 64.6 Å². The summed E-state index contributed by atoms with van der Waals surface area (Å²) in [4.78, 5) is 15.2.